The topological polar surface area (TPSA) is 59.1 Å². The fourth-order valence-corrected chi connectivity index (χ4v) is 2.28. The van der Waals surface area contributed by atoms with Crippen molar-refractivity contribution in [1.29, 1.82) is 0 Å². The first kappa shape index (κ1) is 15.7. The highest BCUT2D eigenvalue weighted by molar-refractivity contribution is 9.10. The lowest BCUT2D eigenvalue weighted by atomic mass is 10.1. The minimum absolute atomic E-state index is 0.378. The van der Waals surface area contributed by atoms with Crippen molar-refractivity contribution in [1.82, 2.24) is 9.97 Å². The van der Waals surface area contributed by atoms with E-state index in [2.05, 4.69) is 62.5 Å². The van der Waals surface area contributed by atoms with Crippen LogP contribution in [0.15, 0.2) is 22.7 Å². The predicted molar refractivity (Wildman–Crippen MR) is 89.2 cm³/mol. The molecule has 21 heavy (non-hydrogen) atoms. The number of anilines is 3. The van der Waals surface area contributed by atoms with Gasteiger partial charge in [-0.1, -0.05) is 15.9 Å². The van der Waals surface area contributed by atoms with Gasteiger partial charge in [0.2, 0.25) is 0 Å². The van der Waals surface area contributed by atoms with E-state index in [-0.39, 0.29) is 0 Å². The van der Waals surface area contributed by atoms with E-state index in [0.29, 0.717) is 12.4 Å². The number of aromatic nitrogens is 2. The van der Waals surface area contributed by atoms with Crippen molar-refractivity contribution in [3.05, 3.63) is 39.6 Å². The number of halogens is 1. The molecule has 0 bridgehead atoms. The Bertz CT molecular complexity index is 623. The van der Waals surface area contributed by atoms with Crippen LogP contribution in [0.1, 0.15) is 17.0 Å². The molecule has 0 spiro atoms. The largest absolute Gasteiger partial charge is 0.377 e. The zero-order valence-electron chi connectivity index (χ0n) is 12.6. The van der Waals surface area contributed by atoms with Crippen molar-refractivity contribution < 1.29 is 4.74 Å². The van der Waals surface area contributed by atoms with Crippen LogP contribution in [-0.2, 0) is 11.3 Å². The highest BCUT2D eigenvalue weighted by Gasteiger charge is 2.06. The summed E-state index contributed by atoms with van der Waals surface area (Å²) in [6.45, 7) is 4.51. The number of benzene rings is 1. The molecule has 2 N–H and O–H groups in total. The lowest BCUT2D eigenvalue weighted by Gasteiger charge is -2.12. The summed E-state index contributed by atoms with van der Waals surface area (Å²) < 4.78 is 6.23. The lowest BCUT2D eigenvalue weighted by Crippen LogP contribution is -2.05. The third-order valence-corrected chi connectivity index (χ3v) is 4.26. The number of methoxy groups -OCH3 is 1. The van der Waals surface area contributed by atoms with Crippen LogP contribution in [0.25, 0.3) is 0 Å². The van der Waals surface area contributed by atoms with Crippen LogP contribution in [-0.4, -0.2) is 24.1 Å². The number of nitrogens with zero attached hydrogens (tertiary/aromatic N) is 2. The molecular weight excluding hydrogens is 332 g/mol. The molecule has 0 saturated heterocycles. The van der Waals surface area contributed by atoms with Crippen LogP contribution < -0.4 is 10.6 Å². The Morgan fingerprint density at radius 1 is 1.10 bits per heavy atom. The number of aryl methyl sites for hydroxylation is 2. The molecule has 112 valence electrons. The molecule has 0 saturated carbocycles. The van der Waals surface area contributed by atoms with E-state index < -0.39 is 0 Å². The first-order valence-electron chi connectivity index (χ1n) is 6.62. The maximum Gasteiger partial charge on any atom is 0.158 e. The minimum atomic E-state index is 0.378. The van der Waals surface area contributed by atoms with Crippen LogP contribution >= 0.6 is 15.9 Å². The highest BCUT2D eigenvalue weighted by atomic mass is 79.9. The zero-order chi connectivity index (χ0) is 15.4. The molecule has 1 heterocycles. The number of rotatable bonds is 5. The Balaban J connectivity index is 2.32. The first-order valence-corrected chi connectivity index (χ1v) is 7.41. The van der Waals surface area contributed by atoms with Gasteiger partial charge in [-0.25, -0.2) is 9.97 Å². The molecule has 0 unspecified atom stereocenters. The monoisotopic (exact) mass is 350 g/mol. The summed E-state index contributed by atoms with van der Waals surface area (Å²) in [7, 11) is 3.46. The summed E-state index contributed by atoms with van der Waals surface area (Å²) in [6.07, 6.45) is 0. The molecule has 2 rings (SSSR count). The Morgan fingerprint density at radius 3 is 2.29 bits per heavy atom. The van der Waals surface area contributed by atoms with Gasteiger partial charge >= 0.3 is 0 Å². The fourth-order valence-electron chi connectivity index (χ4n) is 2.05. The van der Waals surface area contributed by atoms with Crippen LogP contribution in [0, 0.1) is 13.8 Å². The van der Waals surface area contributed by atoms with Gasteiger partial charge < -0.3 is 15.4 Å². The Morgan fingerprint density at radius 2 is 1.71 bits per heavy atom. The number of hydrogen-bond acceptors (Lipinski definition) is 5. The normalized spacial score (nSPS) is 10.5. The molecule has 0 aliphatic heterocycles. The van der Waals surface area contributed by atoms with Crippen molar-refractivity contribution in [3.8, 4) is 0 Å². The molecule has 0 aliphatic rings. The van der Waals surface area contributed by atoms with E-state index in [0.717, 1.165) is 21.8 Å². The van der Waals surface area contributed by atoms with Gasteiger partial charge in [0, 0.05) is 30.4 Å². The second-order valence-corrected chi connectivity index (χ2v) is 5.58. The second kappa shape index (κ2) is 6.87. The standard InChI is InChI=1S/C15H19BrN4O/c1-9-5-11(6-10(2)15(9)16)18-13-7-12(17-3)19-14(20-13)8-21-4/h5-7H,8H2,1-4H3,(H2,17,18,19,20). The molecule has 0 fully saturated rings. The molecule has 0 aliphatic carbocycles. The van der Waals surface area contributed by atoms with Crippen LogP contribution in [0.3, 0.4) is 0 Å². The van der Waals surface area contributed by atoms with Gasteiger partial charge in [-0.05, 0) is 37.1 Å². The van der Waals surface area contributed by atoms with Gasteiger partial charge in [0.05, 0.1) is 0 Å². The van der Waals surface area contributed by atoms with Crippen molar-refractivity contribution >= 4 is 33.3 Å². The zero-order valence-corrected chi connectivity index (χ0v) is 14.2. The Kier molecular flexibility index (Phi) is 5.14. The maximum atomic E-state index is 5.10. The predicted octanol–water partition coefficient (Wildman–Crippen LogP) is 3.79. The summed E-state index contributed by atoms with van der Waals surface area (Å²) in [6, 6.07) is 6.02. The molecule has 0 atom stereocenters. The average Bonchev–Trinajstić information content (AvgIpc) is 2.44. The molecule has 5 nitrogen and oxygen atoms in total. The van der Waals surface area contributed by atoms with Gasteiger partial charge in [-0.2, -0.15) is 0 Å². The summed E-state index contributed by atoms with van der Waals surface area (Å²) >= 11 is 3.57. The number of hydrogen-bond donors (Lipinski definition) is 2. The molecule has 1 aromatic carbocycles. The average molecular weight is 351 g/mol. The highest BCUT2D eigenvalue weighted by Crippen LogP contribution is 2.27. The fraction of sp³-hybridized carbons (Fsp3) is 0.333. The Labute approximate surface area is 133 Å². The van der Waals surface area contributed by atoms with E-state index in [9.17, 15) is 0 Å². The van der Waals surface area contributed by atoms with Crippen molar-refractivity contribution in [2.45, 2.75) is 20.5 Å². The summed E-state index contributed by atoms with van der Waals surface area (Å²) in [4.78, 5) is 8.79. The van der Waals surface area contributed by atoms with Crippen molar-refractivity contribution in [3.63, 3.8) is 0 Å². The molecule has 6 heteroatoms. The smallest absolute Gasteiger partial charge is 0.158 e. The Hall–Kier alpha value is -1.66. The van der Waals surface area contributed by atoms with Crippen molar-refractivity contribution in [2.24, 2.45) is 0 Å². The molecule has 2 aromatic rings. The quantitative estimate of drug-likeness (QED) is 0.858. The lowest BCUT2D eigenvalue weighted by molar-refractivity contribution is 0.178. The van der Waals surface area contributed by atoms with E-state index >= 15 is 0 Å². The third-order valence-electron chi connectivity index (χ3n) is 3.01. The third kappa shape index (κ3) is 3.92. The van der Waals surface area contributed by atoms with Crippen LogP contribution in [0.2, 0.25) is 0 Å². The van der Waals surface area contributed by atoms with Gasteiger partial charge in [0.1, 0.15) is 18.2 Å². The van der Waals surface area contributed by atoms with Gasteiger partial charge in [0.15, 0.2) is 5.82 Å². The van der Waals surface area contributed by atoms with Gasteiger partial charge in [-0.15, -0.1) is 0 Å². The van der Waals surface area contributed by atoms with E-state index in [4.69, 9.17) is 4.74 Å². The summed E-state index contributed by atoms with van der Waals surface area (Å²) in [5.41, 5.74) is 3.35. The summed E-state index contributed by atoms with van der Waals surface area (Å²) in [5.74, 6) is 2.13. The maximum absolute atomic E-state index is 5.10. The van der Waals surface area contributed by atoms with Crippen molar-refractivity contribution in [2.75, 3.05) is 24.8 Å². The van der Waals surface area contributed by atoms with Gasteiger partial charge in [-0.3, -0.25) is 0 Å². The van der Waals surface area contributed by atoms with E-state index in [1.807, 2.05) is 13.1 Å². The van der Waals surface area contributed by atoms with Gasteiger partial charge in [0.25, 0.3) is 0 Å². The number of nitrogens with one attached hydrogen (secondary N) is 2. The molecule has 1 aromatic heterocycles. The van der Waals surface area contributed by atoms with E-state index in [1.165, 1.54) is 11.1 Å². The second-order valence-electron chi connectivity index (χ2n) is 4.79. The molecule has 0 amide bonds. The molecular formula is C15H19BrN4O. The van der Waals surface area contributed by atoms with Crippen LogP contribution in [0.4, 0.5) is 17.3 Å². The van der Waals surface area contributed by atoms with Crippen LogP contribution in [0.5, 0.6) is 0 Å². The minimum Gasteiger partial charge on any atom is -0.377 e. The summed E-state index contributed by atoms with van der Waals surface area (Å²) in [5, 5.41) is 6.35. The van der Waals surface area contributed by atoms with E-state index in [1.54, 1.807) is 7.11 Å². The molecule has 0 radical (unpaired) electrons. The number of ether oxygens (including phenoxy) is 1. The first-order chi connectivity index (χ1) is 10.0. The SMILES string of the molecule is CNc1cc(Nc2cc(C)c(Br)c(C)c2)nc(COC)n1.